The number of halogens is 1. The topological polar surface area (TPSA) is 85.0 Å². The number of nitrogens with zero attached hydrogens (tertiary/aromatic N) is 2. The number of ether oxygens (including phenoxy) is 1. The lowest BCUT2D eigenvalue weighted by atomic mass is 9.94. The Bertz CT molecular complexity index is 1060. The molecule has 1 aliphatic heterocycles. The minimum absolute atomic E-state index is 0.0738. The zero-order valence-electron chi connectivity index (χ0n) is 17.5. The van der Waals surface area contributed by atoms with E-state index in [4.69, 9.17) is 10.5 Å². The van der Waals surface area contributed by atoms with Crippen LogP contribution < -0.4 is 10.5 Å². The maximum absolute atomic E-state index is 14.2. The molecule has 4 rings (SSSR count). The lowest BCUT2D eigenvalue weighted by Crippen LogP contribution is -2.40. The molecule has 2 aromatic rings. The molecule has 1 heterocycles. The Morgan fingerprint density at radius 2 is 1.88 bits per heavy atom. The molecule has 2 aliphatic rings. The van der Waals surface area contributed by atoms with Crippen LogP contribution >= 0.6 is 11.8 Å². The summed E-state index contributed by atoms with van der Waals surface area (Å²) in [4.78, 5) is 31.0. The van der Waals surface area contributed by atoms with Crippen molar-refractivity contribution in [3.8, 4) is 5.75 Å². The van der Waals surface area contributed by atoms with Crippen LogP contribution in [0.25, 0.3) is 6.08 Å². The average Bonchev–Trinajstić information content (AvgIpc) is 3.10. The van der Waals surface area contributed by atoms with E-state index in [1.165, 1.54) is 24.2 Å². The lowest BCUT2D eigenvalue weighted by Gasteiger charge is -2.30. The molecular weight excluding hydrogens is 429 g/mol. The zero-order valence-corrected chi connectivity index (χ0v) is 18.3. The summed E-state index contributed by atoms with van der Waals surface area (Å²) >= 11 is 1.27. The Kier molecular flexibility index (Phi) is 6.90. The number of rotatable bonds is 6. The number of para-hydroxylation sites is 1. The number of carbonyl (C=O) groups is 2. The van der Waals surface area contributed by atoms with Crippen molar-refractivity contribution >= 4 is 40.5 Å². The Hall–Kier alpha value is -3.13. The van der Waals surface area contributed by atoms with Crippen LogP contribution in [0.5, 0.6) is 5.75 Å². The molecular formula is C24H24FN3O3S. The van der Waals surface area contributed by atoms with Gasteiger partial charge in [0.05, 0.1) is 4.91 Å². The van der Waals surface area contributed by atoms with Crippen molar-refractivity contribution in [2.45, 2.75) is 38.1 Å². The zero-order chi connectivity index (χ0) is 22.5. The normalized spacial score (nSPS) is 19.7. The van der Waals surface area contributed by atoms with E-state index in [1.807, 2.05) is 0 Å². The SMILES string of the molecule is NC(=O)COc1ccc(/C=C2\SC(=Nc3ccccc3F)N(C3CCCCC3)C2=O)cc1. The van der Waals surface area contributed by atoms with Gasteiger partial charge in [-0.3, -0.25) is 14.5 Å². The fourth-order valence-electron chi connectivity index (χ4n) is 3.84. The molecule has 1 saturated carbocycles. The first-order valence-electron chi connectivity index (χ1n) is 10.6. The van der Waals surface area contributed by atoms with Crippen LogP contribution in [0.2, 0.25) is 0 Å². The second kappa shape index (κ2) is 9.99. The summed E-state index contributed by atoms with van der Waals surface area (Å²) in [6.07, 6.45) is 6.93. The van der Waals surface area contributed by atoms with Crippen LogP contribution in [0.3, 0.4) is 0 Å². The highest BCUT2D eigenvalue weighted by molar-refractivity contribution is 8.18. The second-order valence-corrected chi connectivity index (χ2v) is 8.76. The van der Waals surface area contributed by atoms with Gasteiger partial charge in [0.2, 0.25) is 0 Å². The fourth-order valence-corrected chi connectivity index (χ4v) is 4.89. The number of carbonyl (C=O) groups excluding carboxylic acids is 2. The number of primary amides is 1. The standard InChI is InChI=1S/C24H24FN3O3S/c25-19-8-4-5-9-20(19)27-24-28(17-6-2-1-3-7-17)23(30)21(32-24)14-16-10-12-18(13-11-16)31-15-22(26)29/h4-5,8-14,17H,1-3,6-7,15H2,(H2,26,29)/b21-14-,27-24?. The third-order valence-electron chi connectivity index (χ3n) is 5.40. The lowest BCUT2D eigenvalue weighted by molar-refractivity contribution is -0.124. The summed E-state index contributed by atoms with van der Waals surface area (Å²) in [5.41, 5.74) is 6.12. The van der Waals surface area contributed by atoms with Gasteiger partial charge >= 0.3 is 0 Å². The molecule has 6 nitrogen and oxygen atoms in total. The Balaban J connectivity index is 1.61. The highest BCUT2D eigenvalue weighted by atomic mass is 32.2. The van der Waals surface area contributed by atoms with Crippen molar-refractivity contribution in [2.75, 3.05) is 6.61 Å². The van der Waals surface area contributed by atoms with Gasteiger partial charge in [-0.25, -0.2) is 9.38 Å². The van der Waals surface area contributed by atoms with Gasteiger partial charge in [0.25, 0.3) is 11.8 Å². The summed E-state index contributed by atoms with van der Waals surface area (Å²) in [6, 6.07) is 13.4. The Morgan fingerprint density at radius 3 is 2.56 bits per heavy atom. The van der Waals surface area contributed by atoms with Gasteiger partial charge in [-0.1, -0.05) is 43.5 Å². The minimum atomic E-state index is -0.548. The van der Waals surface area contributed by atoms with E-state index >= 15 is 0 Å². The van der Waals surface area contributed by atoms with Gasteiger partial charge < -0.3 is 10.5 Å². The molecule has 1 saturated heterocycles. The molecule has 0 bridgehead atoms. The minimum Gasteiger partial charge on any atom is -0.484 e. The van der Waals surface area contributed by atoms with E-state index in [0.29, 0.717) is 15.8 Å². The van der Waals surface area contributed by atoms with Crippen molar-refractivity contribution in [1.82, 2.24) is 4.90 Å². The van der Waals surface area contributed by atoms with Crippen molar-refractivity contribution in [1.29, 1.82) is 0 Å². The first-order valence-corrected chi connectivity index (χ1v) is 11.4. The molecule has 2 amide bonds. The Morgan fingerprint density at radius 1 is 1.16 bits per heavy atom. The summed E-state index contributed by atoms with van der Waals surface area (Å²) < 4.78 is 19.5. The molecule has 1 aliphatic carbocycles. The smallest absolute Gasteiger partial charge is 0.267 e. The maximum atomic E-state index is 14.2. The number of amides is 2. The molecule has 8 heteroatoms. The summed E-state index contributed by atoms with van der Waals surface area (Å²) in [6.45, 7) is -0.193. The predicted octanol–water partition coefficient (Wildman–Crippen LogP) is 4.63. The molecule has 32 heavy (non-hydrogen) atoms. The number of thioether (sulfide) groups is 1. The molecule has 166 valence electrons. The molecule has 0 aromatic heterocycles. The van der Waals surface area contributed by atoms with E-state index in [2.05, 4.69) is 4.99 Å². The number of hydrogen-bond donors (Lipinski definition) is 1. The number of nitrogens with two attached hydrogens (primary N) is 1. The van der Waals surface area contributed by atoms with Gasteiger partial charge in [0.1, 0.15) is 17.3 Å². The number of amidine groups is 1. The molecule has 2 N–H and O–H groups in total. The number of aliphatic imine (C=N–C) groups is 1. The third kappa shape index (κ3) is 5.19. The van der Waals surface area contributed by atoms with E-state index in [1.54, 1.807) is 53.4 Å². The first-order chi connectivity index (χ1) is 15.5. The van der Waals surface area contributed by atoms with E-state index in [9.17, 15) is 14.0 Å². The Labute approximate surface area is 190 Å². The average molecular weight is 454 g/mol. The molecule has 2 aromatic carbocycles. The fraction of sp³-hybridized carbons (Fsp3) is 0.292. The van der Waals surface area contributed by atoms with Crippen LogP contribution in [-0.2, 0) is 9.59 Å². The number of hydrogen-bond acceptors (Lipinski definition) is 5. The van der Waals surface area contributed by atoms with Crippen LogP contribution in [0.1, 0.15) is 37.7 Å². The van der Waals surface area contributed by atoms with E-state index in [-0.39, 0.29) is 24.2 Å². The van der Waals surface area contributed by atoms with Crippen LogP contribution in [0.4, 0.5) is 10.1 Å². The van der Waals surface area contributed by atoms with Crippen molar-refractivity contribution in [2.24, 2.45) is 10.7 Å². The van der Waals surface area contributed by atoms with E-state index < -0.39 is 11.7 Å². The summed E-state index contributed by atoms with van der Waals surface area (Å²) in [7, 11) is 0. The van der Waals surface area contributed by atoms with E-state index in [0.717, 1.165) is 31.2 Å². The first kappa shape index (κ1) is 22.1. The molecule has 2 fully saturated rings. The van der Waals surface area contributed by atoms with Crippen molar-refractivity contribution < 1.29 is 18.7 Å². The summed E-state index contributed by atoms with van der Waals surface area (Å²) in [5, 5.41) is 0.514. The van der Waals surface area contributed by atoms with Crippen molar-refractivity contribution in [3.63, 3.8) is 0 Å². The molecule has 0 unspecified atom stereocenters. The predicted molar refractivity (Wildman–Crippen MR) is 124 cm³/mol. The maximum Gasteiger partial charge on any atom is 0.267 e. The highest BCUT2D eigenvalue weighted by Crippen LogP contribution is 2.38. The van der Waals surface area contributed by atoms with Gasteiger partial charge in [-0.15, -0.1) is 0 Å². The highest BCUT2D eigenvalue weighted by Gasteiger charge is 2.38. The largest absolute Gasteiger partial charge is 0.484 e. The summed E-state index contributed by atoms with van der Waals surface area (Å²) in [5.74, 6) is -0.553. The quantitative estimate of drug-likeness (QED) is 0.647. The van der Waals surface area contributed by atoms with Gasteiger partial charge in [0.15, 0.2) is 11.8 Å². The van der Waals surface area contributed by atoms with Crippen LogP contribution in [-0.4, -0.2) is 34.5 Å². The van der Waals surface area contributed by atoms with Gasteiger partial charge in [-0.2, -0.15) is 0 Å². The van der Waals surface area contributed by atoms with Gasteiger partial charge in [-0.05, 0) is 60.5 Å². The van der Waals surface area contributed by atoms with Crippen molar-refractivity contribution in [3.05, 3.63) is 64.8 Å². The van der Waals surface area contributed by atoms with Crippen LogP contribution in [0.15, 0.2) is 58.4 Å². The second-order valence-electron chi connectivity index (χ2n) is 7.75. The van der Waals surface area contributed by atoms with Crippen LogP contribution in [0, 0.1) is 5.82 Å². The molecule has 0 spiro atoms. The monoisotopic (exact) mass is 453 g/mol. The number of benzene rings is 2. The third-order valence-corrected chi connectivity index (χ3v) is 6.39. The van der Waals surface area contributed by atoms with Gasteiger partial charge in [0, 0.05) is 6.04 Å². The molecule has 0 radical (unpaired) electrons. The molecule has 0 atom stereocenters.